The number of benzene rings is 3. The number of aromatic nitrogens is 1. The molecular weight excluding hydrogens is 473 g/mol. The third-order valence-corrected chi connectivity index (χ3v) is 5.93. The van der Waals surface area contributed by atoms with Gasteiger partial charge in [0.05, 0.1) is 24.1 Å². The van der Waals surface area contributed by atoms with E-state index in [0.29, 0.717) is 16.9 Å². The summed E-state index contributed by atoms with van der Waals surface area (Å²) < 4.78 is 19.3. The molecule has 5 N–H and O–H groups in total. The Hall–Kier alpha value is -5.05. The molecule has 1 aliphatic heterocycles. The van der Waals surface area contributed by atoms with Crippen LogP contribution >= 0.6 is 0 Å². The summed E-state index contributed by atoms with van der Waals surface area (Å²) in [6, 6.07) is 18.7. The molecule has 3 amide bonds. The number of urea groups is 1. The molecular formula is C28H24FN5O3. The number of carbonyl (C=O) groups excluding carboxylic acids is 2. The van der Waals surface area contributed by atoms with Gasteiger partial charge in [-0.25, -0.2) is 9.18 Å². The number of hydrogen-bond acceptors (Lipinski definition) is 4. The molecule has 3 aromatic carbocycles. The van der Waals surface area contributed by atoms with Crippen molar-refractivity contribution in [3.63, 3.8) is 0 Å². The maximum absolute atomic E-state index is 14.4. The van der Waals surface area contributed by atoms with Gasteiger partial charge in [-0.2, -0.15) is 0 Å². The molecule has 0 spiro atoms. The molecule has 2 heterocycles. The number of nitrogens with one attached hydrogen (secondary N) is 5. The van der Waals surface area contributed by atoms with Gasteiger partial charge in [0.25, 0.3) is 5.91 Å². The van der Waals surface area contributed by atoms with Crippen molar-refractivity contribution >= 4 is 52.0 Å². The van der Waals surface area contributed by atoms with Crippen molar-refractivity contribution in [2.45, 2.75) is 6.92 Å². The molecule has 0 aliphatic carbocycles. The lowest BCUT2D eigenvalue weighted by atomic mass is 10.1. The van der Waals surface area contributed by atoms with Crippen LogP contribution in [0.4, 0.5) is 37.6 Å². The first-order chi connectivity index (χ1) is 17.9. The number of amides is 3. The number of H-pyrrole nitrogens is 1. The van der Waals surface area contributed by atoms with Gasteiger partial charge in [-0.1, -0.05) is 18.2 Å². The van der Waals surface area contributed by atoms with Crippen molar-refractivity contribution in [3.05, 3.63) is 95.6 Å². The molecule has 0 saturated carbocycles. The molecule has 0 atom stereocenters. The zero-order valence-electron chi connectivity index (χ0n) is 20.1. The predicted molar refractivity (Wildman–Crippen MR) is 144 cm³/mol. The maximum atomic E-state index is 14.4. The van der Waals surface area contributed by atoms with Crippen LogP contribution in [-0.2, 0) is 4.79 Å². The van der Waals surface area contributed by atoms with E-state index >= 15 is 0 Å². The number of rotatable bonds is 6. The molecule has 4 aromatic rings. The Morgan fingerprint density at radius 1 is 0.973 bits per heavy atom. The summed E-state index contributed by atoms with van der Waals surface area (Å²) in [5, 5.41) is 11.5. The second kappa shape index (κ2) is 9.90. The molecule has 0 bridgehead atoms. The van der Waals surface area contributed by atoms with Crippen molar-refractivity contribution in [2.75, 3.05) is 28.4 Å². The highest BCUT2D eigenvalue weighted by molar-refractivity contribution is 6.35. The van der Waals surface area contributed by atoms with Crippen molar-refractivity contribution in [1.29, 1.82) is 0 Å². The molecule has 186 valence electrons. The fourth-order valence-electron chi connectivity index (χ4n) is 4.04. The first kappa shape index (κ1) is 23.7. The van der Waals surface area contributed by atoms with Gasteiger partial charge in [-0.15, -0.1) is 0 Å². The van der Waals surface area contributed by atoms with Crippen LogP contribution in [0.3, 0.4) is 0 Å². The van der Waals surface area contributed by atoms with E-state index in [0.717, 1.165) is 28.2 Å². The SMILES string of the molecule is COc1cccc(NC(=O)Nc2ccc(C)c(Nc3ccc4c(c3)NC(=O)C4=Cc3ccc[nH]3)c2)c1F. The summed E-state index contributed by atoms with van der Waals surface area (Å²) in [6.45, 7) is 1.93. The second-order valence-corrected chi connectivity index (χ2v) is 8.45. The molecule has 0 radical (unpaired) electrons. The fourth-order valence-corrected chi connectivity index (χ4v) is 4.04. The minimum Gasteiger partial charge on any atom is -0.494 e. The van der Waals surface area contributed by atoms with Gasteiger partial charge in [0.2, 0.25) is 0 Å². The molecule has 0 saturated heterocycles. The van der Waals surface area contributed by atoms with Crippen LogP contribution in [0.15, 0.2) is 72.9 Å². The minimum atomic E-state index is -0.652. The number of ether oxygens (including phenoxy) is 1. The van der Waals surface area contributed by atoms with E-state index < -0.39 is 11.8 Å². The number of aromatic amines is 1. The van der Waals surface area contributed by atoms with Gasteiger partial charge < -0.3 is 31.0 Å². The lowest BCUT2D eigenvalue weighted by Gasteiger charge is -2.14. The number of anilines is 5. The van der Waals surface area contributed by atoms with E-state index in [9.17, 15) is 14.0 Å². The average molecular weight is 498 g/mol. The number of methoxy groups -OCH3 is 1. The van der Waals surface area contributed by atoms with Crippen LogP contribution in [0, 0.1) is 12.7 Å². The third kappa shape index (κ3) is 5.01. The Morgan fingerprint density at radius 2 is 1.81 bits per heavy atom. The van der Waals surface area contributed by atoms with Crippen molar-refractivity contribution < 1.29 is 18.7 Å². The number of hydrogen-bond donors (Lipinski definition) is 5. The molecule has 9 heteroatoms. The minimum absolute atomic E-state index is 0.00665. The van der Waals surface area contributed by atoms with E-state index in [1.165, 1.54) is 19.2 Å². The second-order valence-electron chi connectivity index (χ2n) is 8.45. The molecule has 0 unspecified atom stereocenters. The summed E-state index contributed by atoms with van der Waals surface area (Å²) in [4.78, 5) is 28.1. The Labute approximate surface area is 212 Å². The molecule has 5 rings (SSSR count). The van der Waals surface area contributed by atoms with E-state index in [2.05, 4.69) is 26.3 Å². The van der Waals surface area contributed by atoms with E-state index in [4.69, 9.17) is 4.74 Å². The maximum Gasteiger partial charge on any atom is 0.323 e. The molecule has 8 nitrogen and oxygen atoms in total. The standard InChI is InChI=1S/C28H24FN5O3/c1-16-8-9-19(32-28(36)34-22-6-3-7-25(37-2)26(22)29)14-23(16)31-18-10-11-20-21(13-17-5-4-12-30-17)27(35)33-24(20)15-18/h3-15,30-31H,1-2H3,(H,33,35)(H2,32,34,36). The van der Waals surface area contributed by atoms with Gasteiger partial charge in [0.15, 0.2) is 11.6 Å². The van der Waals surface area contributed by atoms with Crippen LogP contribution < -0.4 is 26.0 Å². The Balaban J connectivity index is 1.31. The summed E-state index contributed by atoms with van der Waals surface area (Å²) in [5.41, 5.74) is 5.95. The van der Waals surface area contributed by atoms with Crippen molar-refractivity contribution in [2.24, 2.45) is 0 Å². The van der Waals surface area contributed by atoms with Gasteiger partial charge >= 0.3 is 6.03 Å². The van der Waals surface area contributed by atoms with Crippen LogP contribution in [0.1, 0.15) is 16.8 Å². The highest BCUT2D eigenvalue weighted by atomic mass is 19.1. The third-order valence-electron chi connectivity index (χ3n) is 5.93. The zero-order valence-corrected chi connectivity index (χ0v) is 20.1. The predicted octanol–water partition coefficient (Wildman–Crippen LogP) is 6.35. The highest BCUT2D eigenvalue weighted by Crippen LogP contribution is 2.36. The number of carbonyl (C=O) groups is 2. The van der Waals surface area contributed by atoms with Crippen LogP contribution in [0.25, 0.3) is 11.6 Å². The van der Waals surface area contributed by atoms with E-state index in [-0.39, 0.29) is 17.3 Å². The highest BCUT2D eigenvalue weighted by Gasteiger charge is 2.24. The number of aryl methyl sites for hydroxylation is 1. The van der Waals surface area contributed by atoms with Crippen LogP contribution in [-0.4, -0.2) is 24.0 Å². The van der Waals surface area contributed by atoms with Crippen LogP contribution in [0.2, 0.25) is 0 Å². The number of halogens is 1. The lowest BCUT2D eigenvalue weighted by molar-refractivity contribution is -0.110. The van der Waals surface area contributed by atoms with Crippen molar-refractivity contribution in [1.82, 2.24) is 4.98 Å². The Morgan fingerprint density at radius 3 is 2.59 bits per heavy atom. The Kier molecular flexibility index (Phi) is 6.34. The quantitative estimate of drug-likeness (QED) is 0.200. The normalized spacial score (nSPS) is 13.2. The summed E-state index contributed by atoms with van der Waals surface area (Å²) >= 11 is 0. The van der Waals surface area contributed by atoms with Gasteiger partial charge in [-0.3, -0.25) is 4.79 Å². The Bertz CT molecular complexity index is 1530. The smallest absolute Gasteiger partial charge is 0.323 e. The van der Waals surface area contributed by atoms with E-state index in [1.807, 2.05) is 49.4 Å². The summed E-state index contributed by atoms with van der Waals surface area (Å²) in [7, 11) is 1.36. The largest absolute Gasteiger partial charge is 0.494 e. The van der Waals surface area contributed by atoms with Gasteiger partial charge in [0.1, 0.15) is 0 Å². The molecule has 1 aromatic heterocycles. The monoisotopic (exact) mass is 497 g/mol. The fraction of sp³-hybridized carbons (Fsp3) is 0.0714. The number of fused-ring (bicyclic) bond motifs is 1. The van der Waals surface area contributed by atoms with Crippen LogP contribution in [0.5, 0.6) is 5.75 Å². The van der Waals surface area contributed by atoms with Gasteiger partial charge in [0, 0.05) is 34.5 Å². The first-order valence-electron chi connectivity index (χ1n) is 11.5. The molecule has 0 fully saturated rings. The van der Waals surface area contributed by atoms with E-state index in [1.54, 1.807) is 24.4 Å². The first-order valence-corrected chi connectivity index (χ1v) is 11.5. The summed E-state index contributed by atoms with van der Waals surface area (Å²) in [6.07, 6.45) is 3.62. The zero-order chi connectivity index (χ0) is 25.9. The lowest BCUT2D eigenvalue weighted by Crippen LogP contribution is -2.20. The average Bonchev–Trinajstić information content (AvgIpc) is 3.50. The van der Waals surface area contributed by atoms with Gasteiger partial charge in [-0.05, 0) is 67.1 Å². The summed E-state index contributed by atoms with van der Waals surface area (Å²) in [5.74, 6) is -0.777. The van der Waals surface area contributed by atoms with Crippen molar-refractivity contribution in [3.8, 4) is 5.75 Å². The topological polar surface area (TPSA) is 107 Å². The molecule has 1 aliphatic rings. The molecule has 37 heavy (non-hydrogen) atoms.